The number of hydrogen-bond acceptors (Lipinski definition) is 4. The Morgan fingerprint density at radius 3 is 2.25 bits per heavy atom. The lowest BCUT2D eigenvalue weighted by Crippen LogP contribution is -2.13. The summed E-state index contributed by atoms with van der Waals surface area (Å²) in [7, 11) is 0. The van der Waals surface area contributed by atoms with Crippen LogP contribution >= 0.6 is 0 Å². The summed E-state index contributed by atoms with van der Waals surface area (Å²) in [6.45, 7) is 0. The highest BCUT2D eigenvalue weighted by Gasteiger charge is 2.37. The molecule has 0 N–H and O–H groups in total. The molecule has 82 valence electrons. The molecule has 1 aliphatic carbocycles. The van der Waals surface area contributed by atoms with Crippen molar-refractivity contribution < 1.29 is 14.5 Å². The third-order valence-electron chi connectivity index (χ3n) is 2.71. The van der Waals surface area contributed by atoms with E-state index in [2.05, 4.69) is 0 Å². The molecular weight excluding hydrogens is 210 g/mol. The summed E-state index contributed by atoms with van der Waals surface area (Å²) in [6, 6.07) is 5.91. The lowest BCUT2D eigenvalue weighted by atomic mass is 9.94. The number of nitro groups is 1. The van der Waals surface area contributed by atoms with Gasteiger partial charge < -0.3 is 0 Å². The number of benzene rings is 1. The Morgan fingerprint density at radius 1 is 1.12 bits per heavy atom. The Hall–Kier alpha value is -2.04. The molecule has 5 heteroatoms. The van der Waals surface area contributed by atoms with Crippen molar-refractivity contribution in [3.63, 3.8) is 0 Å². The Balaban J connectivity index is 2.51. The predicted molar refractivity (Wildman–Crippen MR) is 55.1 cm³/mol. The number of para-hydroxylation sites is 1. The first-order valence-electron chi connectivity index (χ1n) is 4.90. The van der Waals surface area contributed by atoms with Gasteiger partial charge in [-0.05, 0) is 0 Å². The number of carbonyl (C=O) groups excluding carboxylic acids is 2. The minimum Gasteiger partial charge on any atom is -0.299 e. The molecule has 2 rings (SSSR count). The normalized spacial score (nSPS) is 16.8. The van der Waals surface area contributed by atoms with E-state index < -0.39 is 10.8 Å². The number of Topliss-reactive ketones (excluding diaryl/α,β-unsaturated/α-hetero) is 2. The maximum Gasteiger partial charge on any atom is 0.273 e. The van der Waals surface area contributed by atoms with Crippen LogP contribution in [0.3, 0.4) is 0 Å². The van der Waals surface area contributed by atoms with Gasteiger partial charge >= 0.3 is 0 Å². The van der Waals surface area contributed by atoms with E-state index in [0.29, 0.717) is 0 Å². The molecule has 1 aromatic carbocycles. The fourth-order valence-electron chi connectivity index (χ4n) is 1.96. The lowest BCUT2D eigenvalue weighted by molar-refractivity contribution is -0.385. The zero-order valence-electron chi connectivity index (χ0n) is 8.38. The van der Waals surface area contributed by atoms with Crippen LogP contribution in [0, 0.1) is 10.1 Å². The Bertz CT molecular complexity index is 465. The van der Waals surface area contributed by atoms with Crippen molar-refractivity contribution >= 4 is 17.3 Å². The summed E-state index contributed by atoms with van der Waals surface area (Å²) >= 11 is 0. The quantitative estimate of drug-likeness (QED) is 0.430. The molecule has 1 fully saturated rings. The van der Waals surface area contributed by atoms with Crippen LogP contribution in [0.1, 0.15) is 24.3 Å². The third-order valence-corrected chi connectivity index (χ3v) is 2.71. The molecule has 1 aliphatic rings. The van der Waals surface area contributed by atoms with Crippen LogP contribution in [0.2, 0.25) is 0 Å². The second kappa shape index (κ2) is 3.84. The number of nitrogens with zero attached hydrogens (tertiary/aromatic N) is 1. The first-order valence-corrected chi connectivity index (χ1v) is 4.90. The van der Waals surface area contributed by atoms with Crippen molar-refractivity contribution in [3.8, 4) is 0 Å². The van der Waals surface area contributed by atoms with Gasteiger partial charge in [0.25, 0.3) is 5.69 Å². The molecular formula is C11H9NO4. The van der Waals surface area contributed by atoms with Crippen molar-refractivity contribution in [2.45, 2.75) is 18.8 Å². The van der Waals surface area contributed by atoms with Crippen molar-refractivity contribution in [1.29, 1.82) is 0 Å². The minimum atomic E-state index is -0.929. The molecule has 16 heavy (non-hydrogen) atoms. The van der Waals surface area contributed by atoms with Crippen molar-refractivity contribution in [2.75, 3.05) is 0 Å². The molecule has 0 saturated heterocycles. The lowest BCUT2D eigenvalue weighted by Gasteiger charge is -2.07. The van der Waals surface area contributed by atoms with Gasteiger partial charge in [-0.3, -0.25) is 19.7 Å². The number of ketones is 2. The highest BCUT2D eigenvalue weighted by atomic mass is 16.6. The van der Waals surface area contributed by atoms with E-state index in [9.17, 15) is 19.7 Å². The third kappa shape index (κ3) is 1.60. The van der Waals surface area contributed by atoms with E-state index >= 15 is 0 Å². The number of carbonyl (C=O) groups is 2. The van der Waals surface area contributed by atoms with Gasteiger partial charge in [0, 0.05) is 24.5 Å². The zero-order chi connectivity index (χ0) is 11.7. The van der Waals surface area contributed by atoms with Crippen LogP contribution in [0.15, 0.2) is 24.3 Å². The molecule has 0 aliphatic heterocycles. The second-order valence-electron chi connectivity index (χ2n) is 3.68. The van der Waals surface area contributed by atoms with Crippen LogP contribution in [0.25, 0.3) is 0 Å². The van der Waals surface area contributed by atoms with Gasteiger partial charge in [-0.2, -0.15) is 0 Å². The number of nitro benzene ring substituents is 1. The zero-order valence-corrected chi connectivity index (χ0v) is 8.38. The number of rotatable bonds is 2. The van der Waals surface area contributed by atoms with Crippen LogP contribution in [0.4, 0.5) is 5.69 Å². The fourth-order valence-corrected chi connectivity index (χ4v) is 1.96. The summed E-state index contributed by atoms with van der Waals surface area (Å²) in [5.74, 6) is -1.37. The van der Waals surface area contributed by atoms with Crippen LogP contribution in [-0.4, -0.2) is 16.5 Å². The van der Waals surface area contributed by atoms with Gasteiger partial charge in [0.05, 0.1) is 4.92 Å². The summed E-state index contributed by atoms with van der Waals surface area (Å²) < 4.78 is 0. The largest absolute Gasteiger partial charge is 0.299 e. The molecule has 1 saturated carbocycles. The first-order chi connectivity index (χ1) is 7.61. The molecule has 0 bridgehead atoms. The Kier molecular flexibility index (Phi) is 2.52. The summed E-state index contributed by atoms with van der Waals surface area (Å²) in [5.41, 5.74) is 0.0658. The van der Waals surface area contributed by atoms with E-state index in [0.717, 1.165) is 0 Å². The molecule has 0 unspecified atom stereocenters. The van der Waals surface area contributed by atoms with Crippen molar-refractivity contribution in [3.05, 3.63) is 39.9 Å². The van der Waals surface area contributed by atoms with Crippen LogP contribution < -0.4 is 0 Å². The molecule has 0 amide bonds. The first kappa shape index (κ1) is 10.5. The van der Waals surface area contributed by atoms with Gasteiger partial charge in [0.15, 0.2) is 0 Å². The van der Waals surface area contributed by atoms with Crippen molar-refractivity contribution in [1.82, 2.24) is 0 Å². The van der Waals surface area contributed by atoms with E-state index in [-0.39, 0.29) is 35.7 Å². The monoisotopic (exact) mass is 219 g/mol. The van der Waals surface area contributed by atoms with E-state index in [1.54, 1.807) is 6.07 Å². The Labute approximate surface area is 91.2 Å². The van der Waals surface area contributed by atoms with E-state index in [1.165, 1.54) is 18.2 Å². The fraction of sp³-hybridized carbons (Fsp3) is 0.273. The van der Waals surface area contributed by atoms with Gasteiger partial charge in [0.2, 0.25) is 0 Å². The van der Waals surface area contributed by atoms with Crippen LogP contribution in [0.5, 0.6) is 0 Å². The minimum absolute atomic E-state index is 0.156. The average Bonchev–Trinajstić information content (AvgIpc) is 2.58. The smallest absolute Gasteiger partial charge is 0.273 e. The topological polar surface area (TPSA) is 77.3 Å². The molecule has 1 aromatic rings. The summed E-state index contributed by atoms with van der Waals surface area (Å²) in [4.78, 5) is 33.2. The van der Waals surface area contributed by atoms with E-state index in [1.807, 2.05) is 0 Å². The second-order valence-corrected chi connectivity index (χ2v) is 3.68. The van der Waals surface area contributed by atoms with Gasteiger partial charge in [-0.15, -0.1) is 0 Å². The molecule has 0 heterocycles. The molecule has 0 aromatic heterocycles. The van der Waals surface area contributed by atoms with Gasteiger partial charge in [0.1, 0.15) is 17.5 Å². The van der Waals surface area contributed by atoms with Gasteiger partial charge in [-0.1, -0.05) is 18.2 Å². The SMILES string of the molecule is O=C1CCC(=O)C1c1ccccc1[N+](=O)[O-]. The Morgan fingerprint density at radius 2 is 1.69 bits per heavy atom. The molecule has 5 nitrogen and oxygen atoms in total. The van der Waals surface area contributed by atoms with E-state index in [4.69, 9.17) is 0 Å². The van der Waals surface area contributed by atoms with Crippen LogP contribution in [-0.2, 0) is 9.59 Å². The molecule has 0 spiro atoms. The van der Waals surface area contributed by atoms with Crippen molar-refractivity contribution in [2.24, 2.45) is 0 Å². The highest BCUT2D eigenvalue weighted by molar-refractivity contribution is 6.13. The van der Waals surface area contributed by atoms with Gasteiger partial charge in [-0.25, -0.2) is 0 Å². The molecule has 0 atom stereocenters. The average molecular weight is 219 g/mol. The molecule has 0 radical (unpaired) electrons. The number of hydrogen-bond donors (Lipinski definition) is 0. The maximum absolute atomic E-state index is 11.5. The highest BCUT2D eigenvalue weighted by Crippen LogP contribution is 2.33. The predicted octanol–water partition coefficient (Wildman–Crippen LogP) is 1.61. The summed E-state index contributed by atoms with van der Waals surface area (Å²) in [5, 5.41) is 10.8. The standard InChI is InChI=1S/C11H9NO4/c13-9-5-6-10(14)11(9)7-3-1-2-4-8(7)12(15)16/h1-4,11H,5-6H2. The summed E-state index contributed by atoms with van der Waals surface area (Å²) in [6.07, 6.45) is 0.380. The maximum atomic E-state index is 11.5.